The van der Waals surface area contributed by atoms with Crippen molar-refractivity contribution in [2.45, 2.75) is 19.4 Å². The van der Waals surface area contributed by atoms with Gasteiger partial charge in [-0.15, -0.1) is 0 Å². The van der Waals surface area contributed by atoms with E-state index in [0.29, 0.717) is 11.6 Å². The van der Waals surface area contributed by atoms with Gasteiger partial charge in [0.2, 0.25) is 0 Å². The van der Waals surface area contributed by atoms with Gasteiger partial charge >= 0.3 is 0 Å². The average molecular weight is 244 g/mol. The fourth-order valence-corrected chi connectivity index (χ4v) is 1.39. The summed E-state index contributed by atoms with van der Waals surface area (Å²) in [7, 11) is 0. The van der Waals surface area contributed by atoms with Crippen LogP contribution < -0.4 is 4.74 Å². The number of aliphatic hydroxyl groups is 1. The van der Waals surface area contributed by atoms with Crippen LogP contribution in [0.1, 0.15) is 13.8 Å². The molecule has 0 amide bonds. The lowest BCUT2D eigenvalue weighted by Gasteiger charge is -2.17. The highest BCUT2D eigenvalue weighted by molar-refractivity contribution is 5.54. The fourth-order valence-electron chi connectivity index (χ4n) is 1.39. The van der Waals surface area contributed by atoms with Gasteiger partial charge in [0.15, 0.2) is 11.6 Å². The van der Waals surface area contributed by atoms with Crippen LogP contribution in [0.3, 0.4) is 0 Å². The summed E-state index contributed by atoms with van der Waals surface area (Å²) in [5, 5.41) is 9.55. The second-order valence-electron chi connectivity index (χ2n) is 4.71. The van der Waals surface area contributed by atoms with Crippen molar-refractivity contribution in [3.05, 3.63) is 42.7 Å². The van der Waals surface area contributed by atoms with E-state index in [1.807, 2.05) is 30.3 Å². The molecule has 2 aromatic rings. The van der Waals surface area contributed by atoms with Crippen molar-refractivity contribution >= 4 is 0 Å². The van der Waals surface area contributed by atoms with Crippen molar-refractivity contribution in [2.24, 2.45) is 0 Å². The third-order valence-electron chi connectivity index (χ3n) is 2.25. The first-order valence-corrected chi connectivity index (χ1v) is 5.77. The lowest BCUT2D eigenvalue weighted by Crippen LogP contribution is -2.27. The van der Waals surface area contributed by atoms with Crippen molar-refractivity contribution < 1.29 is 9.84 Å². The van der Waals surface area contributed by atoms with E-state index in [1.54, 1.807) is 26.2 Å². The van der Waals surface area contributed by atoms with Gasteiger partial charge in [-0.1, -0.05) is 30.3 Å². The van der Waals surface area contributed by atoms with E-state index in [4.69, 9.17) is 4.74 Å². The molecular formula is C14H16N2O2. The minimum Gasteiger partial charge on any atom is -0.487 e. The summed E-state index contributed by atoms with van der Waals surface area (Å²) in [6.07, 6.45) is 3.22. The quantitative estimate of drug-likeness (QED) is 0.896. The van der Waals surface area contributed by atoms with Crippen molar-refractivity contribution in [2.75, 3.05) is 6.61 Å². The van der Waals surface area contributed by atoms with Gasteiger partial charge in [0.05, 0.1) is 18.0 Å². The molecule has 4 nitrogen and oxygen atoms in total. The molecule has 1 heterocycles. The van der Waals surface area contributed by atoms with E-state index < -0.39 is 5.60 Å². The van der Waals surface area contributed by atoms with Gasteiger partial charge in [-0.3, -0.25) is 0 Å². The highest BCUT2D eigenvalue weighted by atomic mass is 16.5. The average Bonchev–Trinajstić information content (AvgIpc) is 2.37. The molecule has 1 N–H and O–H groups in total. The second kappa shape index (κ2) is 5.14. The van der Waals surface area contributed by atoms with E-state index >= 15 is 0 Å². The first-order chi connectivity index (χ1) is 8.54. The zero-order valence-electron chi connectivity index (χ0n) is 10.5. The maximum Gasteiger partial charge on any atom is 0.159 e. The molecule has 0 saturated carbocycles. The third-order valence-corrected chi connectivity index (χ3v) is 2.25. The lowest BCUT2D eigenvalue weighted by atomic mass is 10.2. The van der Waals surface area contributed by atoms with Crippen molar-refractivity contribution in [1.29, 1.82) is 0 Å². The highest BCUT2D eigenvalue weighted by Crippen LogP contribution is 2.16. The van der Waals surface area contributed by atoms with Gasteiger partial charge in [0, 0.05) is 5.56 Å². The minimum absolute atomic E-state index is 0.209. The highest BCUT2D eigenvalue weighted by Gasteiger charge is 2.13. The molecule has 0 aliphatic heterocycles. The van der Waals surface area contributed by atoms with Crippen LogP contribution in [0.2, 0.25) is 0 Å². The summed E-state index contributed by atoms with van der Waals surface area (Å²) in [5.41, 5.74) is 0.101. The van der Waals surface area contributed by atoms with Crippen molar-refractivity contribution in [1.82, 2.24) is 9.97 Å². The molecule has 0 spiro atoms. The van der Waals surface area contributed by atoms with Crippen LogP contribution in [-0.2, 0) is 0 Å². The molecule has 1 aromatic heterocycles. The number of hydrogen-bond acceptors (Lipinski definition) is 4. The monoisotopic (exact) mass is 244 g/mol. The predicted molar refractivity (Wildman–Crippen MR) is 69.3 cm³/mol. The Bertz CT molecular complexity index is 489. The van der Waals surface area contributed by atoms with Crippen LogP contribution >= 0.6 is 0 Å². The summed E-state index contributed by atoms with van der Waals surface area (Å²) >= 11 is 0. The summed E-state index contributed by atoms with van der Waals surface area (Å²) in [5.74, 6) is 1.21. The maximum absolute atomic E-state index is 9.55. The molecule has 2 rings (SSSR count). The number of hydrogen-bond donors (Lipinski definition) is 1. The Morgan fingerprint density at radius 1 is 1.11 bits per heavy atom. The summed E-state index contributed by atoms with van der Waals surface area (Å²) in [4.78, 5) is 8.46. The molecule has 1 aromatic carbocycles. The molecule has 0 bridgehead atoms. The molecule has 0 unspecified atom stereocenters. The SMILES string of the molecule is CC(C)(O)COc1cnc(-c2ccccc2)nc1. The second-order valence-corrected chi connectivity index (χ2v) is 4.71. The molecular weight excluding hydrogens is 228 g/mol. The van der Waals surface area contributed by atoms with Crippen LogP contribution in [0, 0.1) is 0 Å². The normalized spacial score (nSPS) is 11.3. The van der Waals surface area contributed by atoms with Crippen molar-refractivity contribution in [3.8, 4) is 17.1 Å². The number of benzene rings is 1. The number of rotatable bonds is 4. The molecule has 0 saturated heterocycles. The van der Waals surface area contributed by atoms with Gasteiger partial charge in [-0.05, 0) is 13.8 Å². The standard InChI is InChI=1S/C14H16N2O2/c1-14(2,17)10-18-12-8-15-13(16-9-12)11-6-4-3-5-7-11/h3-9,17H,10H2,1-2H3. The largest absolute Gasteiger partial charge is 0.487 e. The number of aromatic nitrogens is 2. The Balaban J connectivity index is 2.07. The van der Waals surface area contributed by atoms with E-state index in [2.05, 4.69) is 9.97 Å². The Hall–Kier alpha value is -1.94. The summed E-state index contributed by atoms with van der Waals surface area (Å²) in [6, 6.07) is 9.73. The zero-order valence-corrected chi connectivity index (χ0v) is 10.5. The van der Waals surface area contributed by atoms with Crippen LogP contribution in [0.4, 0.5) is 0 Å². The lowest BCUT2D eigenvalue weighted by molar-refractivity contribution is 0.0282. The van der Waals surface area contributed by atoms with E-state index in [9.17, 15) is 5.11 Å². The van der Waals surface area contributed by atoms with Crippen LogP contribution in [0.15, 0.2) is 42.7 Å². The molecule has 0 aliphatic rings. The first kappa shape index (κ1) is 12.5. The van der Waals surface area contributed by atoms with Crippen LogP contribution in [0.25, 0.3) is 11.4 Å². The van der Waals surface area contributed by atoms with Gasteiger partial charge in [-0.25, -0.2) is 9.97 Å². The Morgan fingerprint density at radius 2 is 1.72 bits per heavy atom. The smallest absolute Gasteiger partial charge is 0.159 e. The number of nitrogens with zero attached hydrogens (tertiary/aromatic N) is 2. The molecule has 18 heavy (non-hydrogen) atoms. The van der Waals surface area contributed by atoms with E-state index in [1.165, 1.54) is 0 Å². The first-order valence-electron chi connectivity index (χ1n) is 5.77. The molecule has 0 aliphatic carbocycles. The Morgan fingerprint density at radius 3 is 2.28 bits per heavy atom. The molecule has 94 valence electrons. The molecule has 0 fully saturated rings. The van der Waals surface area contributed by atoms with Gasteiger partial charge in [-0.2, -0.15) is 0 Å². The zero-order chi connectivity index (χ0) is 13.0. The topological polar surface area (TPSA) is 55.2 Å². The molecule has 4 heteroatoms. The number of ether oxygens (including phenoxy) is 1. The van der Waals surface area contributed by atoms with Gasteiger partial charge in [0.1, 0.15) is 6.61 Å². The van der Waals surface area contributed by atoms with Crippen molar-refractivity contribution in [3.63, 3.8) is 0 Å². The third kappa shape index (κ3) is 3.53. The Kier molecular flexibility index (Phi) is 3.58. The minimum atomic E-state index is -0.863. The van der Waals surface area contributed by atoms with E-state index in [-0.39, 0.29) is 6.61 Å². The van der Waals surface area contributed by atoms with Crippen LogP contribution in [0.5, 0.6) is 5.75 Å². The molecule has 0 atom stereocenters. The van der Waals surface area contributed by atoms with E-state index in [0.717, 1.165) is 5.56 Å². The Labute approximate surface area is 106 Å². The van der Waals surface area contributed by atoms with Gasteiger partial charge < -0.3 is 9.84 Å². The predicted octanol–water partition coefficient (Wildman–Crippen LogP) is 2.29. The molecule has 0 radical (unpaired) electrons. The van der Waals surface area contributed by atoms with Gasteiger partial charge in [0.25, 0.3) is 0 Å². The summed E-state index contributed by atoms with van der Waals surface area (Å²) < 4.78 is 5.39. The summed E-state index contributed by atoms with van der Waals surface area (Å²) in [6.45, 7) is 3.58. The fraction of sp³-hybridized carbons (Fsp3) is 0.286. The van der Waals surface area contributed by atoms with Crippen LogP contribution in [-0.4, -0.2) is 27.3 Å². The maximum atomic E-state index is 9.55.